The van der Waals surface area contributed by atoms with Gasteiger partial charge >= 0.3 is 0 Å². The first-order chi connectivity index (χ1) is 7.46. The van der Waals surface area contributed by atoms with Crippen LogP contribution in [0.4, 0.5) is 0 Å². The minimum absolute atomic E-state index is 0.279. The molecule has 0 saturated carbocycles. The first-order valence-electron chi connectivity index (χ1n) is 5.28. The lowest BCUT2D eigenvalue weighted by Gasteiger charge is -2.27. The van der Waals surface area contributed by atoms with E-state index in [4.69, 9.17) is 14.7 Å². The van der Waals surface area contributed by atoms with Crippen LogP contribution in [0.15, 0.2) is 0 Å². The van der Waals surface area contributed by atoms with Crippen LogP contribution in [0.25, 0.3) is 0 Å². The molecule has 0 aliphatic carbocycles. The summed E-state index contributed by atoms with van der Waals surface area (Å²) in [6.07, 6.45) is 0.761. The number of hydrogen-bond acceptors (Lipinski definition) is 4. The lowest BCUT2D eigenvalue weighted by molar-refractivity contribution is -0.128. The van der Waals surface area contributed by atoms with E-state index in [1.54, 1.807) is 21.0 Å². The molecule has 0 aromatic rings. The maximum Gasteiger partial charge on any atom is 0.240 e. The van der Waals surface area contributed by atoms with Crippen LogP contribution in [0.1, 0.15) is 20.3 Å². The Bertz CT molecular complexity index is 301. The van der Waals surface area contributed by atoms with E-state index in [2.05, 4.69) is 5.32 Å². The highest BCUT2D eigenvalue weighted by molar-refractivity contribution is 5.84. The zero-order valence-electron chi connectivity index (χ0n) is 10.0. The van der Waals surface area contributed by atoms with Gasteiger partial charge in [0.25, 0.3) is 0 Å². The topological polar surface area (TPSA) is 71.3 Å². The van der Waals surface area contributed by atoms with Gasteiger partial charge in [-0.25, -0.2) is 0 Å². The molecule has 90 valence electrons. The molecule has 0 bridgehead atoms. The van der Waals surface area contributed by atoms with E-state index in [0.717, 1.165) is 6.42 Å². The van der Waals surface area contributed by atoms with Crippen molar-refractivity contribution in [2.45, 2.75) is 25.9 Å². The van der Waals surface area contributed by atoms with Crippen LogP contribution in [0.5, 0.6) is 0 Å². The Balaban J connectivity index is 2.51. The SMILES string of the molecule is COC1(CNC(=O)C(C)(C)C#N)CCOC1. The summed E-state index contributed by atoms with van der Waals surface area (Å²) < 4.78 is 10.6. The number of carbonyl (C=O) groups excluding carboxylic acids is 1. The third-order valence-corrected chi connectivity index (χ3v) is 2.92. The molecular formula is C11H18N2O3. The highest BCUT2D eigenvalue weighted by Crippen LogP contribution is 2.22. The maximum absolute atomic E-state index is 11.7. The van der Waals surface area contributed by atoms with Crippen LogP contribution in [-0.4, -0.2) is 38.4 Å². The van der Waals surface area contributed by atoms with Crippen LogP contribution in [-0.2, 0) is 14.3 Å². The molecule has 1 N–H and O–H groups in total. The molecular weight excluding hydrogens is 208 g/mol. The number of nitriles is 1. The summed E-state index contributed by atoms with van der Waals surface area (Å²) in [6.45, 7) is 4.69. The van der Waals surface area contributed by atoms with Gasteiger partial charge in [0, 0.05) is 26.7 Å². The molecule has 1 unspecified atom stereocenters. The van der Waals surface area contributed by atoms with Crippen LogP contribution in [0.3, 0.4) is 0 Å². The maximum atomic E-state index is 11.7. The van der Waals surface area contributed by atoms with Crippen molar-refractivity contribution < 1.29 is 14.3 Å². The minimum atomic E-state index is -1.01. The monoisotopic (exact) mass is 226 g/mol. The van der Waals surface area contributed by atoms with Crippen molar-refractivity contribution >= 4 is 5.91 Å². The highest BCUT2D eigenvalue weighted by Gasteiger charge is 2.37. The fourth-order valence-electron chi connectivity index (χ4n) is 1.47. The van der Waals surface area contributed by atoms with Gasteiger partial charge in [0.15, 0.2) is 0 Å². The Hall–Kier alpha value is -1.12. The summed E-state index contributed by atoms with van der Waals surface area (Å²) >= 11 is 0. The van der Waals surface area contributed by atoms with Crippen molar-refractivity contribution in [2.24, 2.45) is 5.41 Å². The van der Waals surface area contributed by atoms with Gasteiger partial charge in [0.05, 0.1) is 12.7 Å². The van der Waals surface area contributed by atoms with Gasteiger partial charge in [-0.05, 0) is 13.8 Å². The van der Waals surface area contributed by atoms with Crippen molar-refractivity contribution in [3.05, 3.63) is 0 Å². The summed E-state index contributed by atoms with van der Waals surface area (Å²) in [7, 11) is 1.61. The van der Waals surface area contributed by atoms with Crippen LogP contribution in [0, 0.1) is 16.7 Å². The van der Waals surface area contributed by atoms with E-state index in [1.807, 2.05) is 6.07 Å². The molecule has 1 heterocycles. The molecule has 1 aliphatic rings. The zero-order chi connectivity index (χ0) is 12.2. The predicted molar refractivity (Wildman–Crippen MR) is 57.6 cm³/mol. The number of carbonyl (C=O) groups is 1. The van der Waals surface area contributed by atoms with Gasteiger partial charge in [-0.2, -0.15) is 5.26 Å². The molecule has 0 aromatic carbocycles. The number of nitrogens with zero attached hydrogens (tertiary/aromatic N) is 1. The van der Waals surface area contributed by atoms with Gasteiger partial charge in [-0.3, -0.25) is 4.79 Å². The Morgan fingerprint density at radius 1 is 1.69 bits per heavy atom. The molecule has 1 amide bonds. The fraction of sp³-hybridized carbons (Fsp3) is 0.818. The third kappa shape index (κ3) is 2.71. The number of rotatable bonds is 4. The number of hydrogen-bond donors (Lipinski definition) is 1. The Labute approximate surface area is 95.7 Å². The lowest BCUT2D eigenvalue weighted by atomic mass is 9.94. The normalized spacial score (nSPS) is 25.1. The summed E-state index contributed by atoms with van der Waals surface area (Å²) in [5.74, 6) is -0.279. The molecule has 0 spiro atoms. The summed E-state index contributed by atoms with van der Waals surface area (Å²) in [5, 5.41) is 11.6. The predicted octanol–water partition coefficient (Wildman–Crippen LogP) is 0.458. The average Bonchev–Trinajstić information content (AvgIpc) is 2.75. The quantitative estimate of drug-likeness (QED) is 0.756. The second kappa shape index (κ2) is 4.81. The first kappa shape index (κ1) is 12.9. The minimum Gasteiger partial charge on any atom is -0.378 e. The van der Waals surface area contributed by atoms with E-state index in [-0.39, 0.29) is 5.91 Å². The van der Waals surface area contributed by atoms with Gasteiger partial charge in [0.2, 0.25) is 5.91 Å². The standard InChI is InChI=1S/C11H18N2O3/c1-10(2,6-12)9(14)13-7-11(15-3)4-5-16-8-11/h4-5,7-8H2,1-3H3,(H,13,14). The summed E-state index contributed by atoms with van der Waals surface area (Å²) in [6, 6.07) is 1.96. The highest BCUT2D eigenvalue weighted by atomic mass is 16.5. The average molecular weight is 226 g/mol. The molecule has 5 heteroatoms. The van der Waals surface area contributed by atoms with Crippen LogP contribution in [0.2, 0.25) is 0 Å². The van der Waals surface area contributed by atoms with Crippen molar-refractivity contribution in [1.82, 2.24) is 5.32 Å². The number of ether oxygens (including phenoxy) is 2. The molecule has 16 heavy (non-hydrogen) atoms. The van der Waals surface area contributed by atoms with E-state index >= 15 is 0 Å². The second-order valence-electron chi connectivity index (χ2n) is 4.61. The molecule has 1 fully saturated rings. The third-order valence-electron chi connectivity index (χ3n) is 2.92. The summed E-state index contributed by atoms with van der Waals surface area (Å²) in [4.78, 5) is 11.7. The van der Waals surface area contributed by atoms with Gasteiger partial charge < -0.3 is 14.8 Å². The second-order valence-corrected chi connectivity index (χ2v) is 4.61. The Morgan fingerprint density at radius 2 is 2.38 bits per heavy atom. The zero-order valence-corrected chi connectivity index (χ0v) is 10.0. The van der Waals surface area contributed by atoms with E-state index in [0.29, 0.717) is 19.8 Å². The van der Waals surface area contributed by atoms with Gasteiger partial charge in [-0.15, -0.1) is 0 Å². The van der Waals surface area contributed by atoms with E-state index in [9.17, 15) is 4.79 Å². The Morgan fingerprint density at radius 3 is 2.81 bits per heavy atom. The molecule has 1 atom stereocenters. The number of nitrogens with one attached hydrogen (secondary N) is 1. The molecule has 1 rings (SSSR count). The molecule has 1 saturated heterocycles. The lowest BCUT2D eigenvalue weighted by Crippen LogP contribution is -2.48. The van der Waals surface area contributed by atoms with Crippen molar-refractivity contribution in [3.8, 4) is 6.07 Å². The summed E-state index contributed by atoms with van der Waals surface area (Å²) in [5.41, 5.74) is -1.43. The van der Waals surface area contributed by atoms with Gasteiger partial charge in [-0.1, -0.05) is 0 Å². The van der Waals surface area contributed by atoms with Crippen molar-refractivity contribution in [1.29, 1.82) is 5.26 Å². The smallest absolute Gasteiger partial charge is 0.240 e. The molecule has 1 aliphatic heterocycles. The largest absolute Gasteiger partial charge is 0.378 e. The molecule has 5 nitrogen and oxygen atoms in total. The van der Waals surface area contributed by atoms with Crippen molar-refractivity contribution in [2.75, 3.05) is 26.9 Å². The van der Waals surface area contributed by atoms with Gasteiger partial charge in [0.1, 0.15) is 11.0 Å². The fourth-order valence-corrected chi connectivity index (χ4v) is 1.47. The van der Waals surface area contributed by atoms with Crippen LogP contribution < -0.4 is 5.32 Å². The molecule has 0 aromatic heterocycles. The van der Waals surface area contributed by atoms with E-state index in [1.165, 1.54) is 0 Å². The first-order valence-corrected chi connectivity index (χ1v) is 5.28. The number of amides is 1. The van der Waals surface area contributed by atoms with Crippen LogP contribution >= 0.6 is 0 Å². The van der Waals surface area contributed by atoms with E-state index < -0.39 is 11.0 Å². The Kier molecular flexibility index (Phi) is 3.89. The number of methoxy groups -OCH3 is 1. The van der Waals surface area contributed by atoms with Crippen molar-refractivity contribution in [3.63, 3.8) is 0 Å². The molecule has 0 radical (unpaired) electrons.